The molecule has 3 N–H and O–H groups in total. The van der Waals surface area contributed by atoms with E-state index in [4.69, 9.17) is 5.73 Å². The largest absolute Gasteiger partial charge is 0.326 e. The highest BCUT2D eigenvalue weighted by Gasteiger charge is 2.40. The monoisotopic (exact) mass is 590 g/mol. The SMILES string of the molecule is C[C@H]1C[C@@H](c2ccncc2Nc2ncc3ccc(-c4c(F)cc(S(C)(=O)=O)cc4F)nn23)C[C@@H](N)[C@H]1S(C)(=O)=O. The van der Waals surface area contributed by atoms with Gasteiger partial charge in [0.1, 0.15) is 11.6 Å². The number of nitrogens with zero attached hydrogens (tertiary/aromatic N) is 4. The smallest absolute Gasteiger partial charge is 0.229 e. The minimum atomic E-state index is -3.81. The van der Waals surface area contributed by atoms with Crippen LogP contribution in [0.4, 0.5) is 20.4 Å². The van der Waals surface area contributed by atoms with Crippen molar-refractivity contribution < 1.29 is 25.6 Å². The highest BCUT2D eigenvalue weighted by Crippen LogP contribution is 2.41. The van der Waals surface area contributed by atoms with Crippen LogP contribution >= 0.6 is 0 Å². The number of imidazole rings is 1. The van der Waals surface area contributed by atoms with E-state index in [9.17, 15) is 25.6 Å². The van der Waals surface area contributed by atoms with Crippen LogP contribution in [0.2, 0.25) is 0 Å². The Balaban J connectivity index is 1.49. The molecule has 1 fully saturated rings. The summed E-state index contributed by atoms with van der Waals surface area (Å²) < 4.78 is 79.3. The average Bonchev–Trinajstić information content (AvgIpc) is 3.24. The lowest BCUT2D eigenvalue weighted by Gasteiger charge is -2.38. The van der Waals surface area contributed by atoms with E-state index in [1.54, 1.807) is 18.5 Å². The van der Waals surface area contributed by atoms with Crippen molar-refractivity contribution in [3.05, 3.63) is 66.1 Å². The quantitative estimate of drug-likeness (QED) is 0.344. The number of nitrogens with two attached hydrogens (primary N) is 1. The van der Waals surface area contributed by atoms with Gasteiger partial charge in [-0.25, -0.2) is 30.6 Å². The van der Waals surface area contributed by atoms with Gasteiger partial charge in [0.25, 0.3) is 0 Å². The fraction of sp³-hybridized carbons (Fsp3) is 0.346. The molecule has 0 bridgehead atoms. The van der Waals surface area contributed by atoms with Crippen LogP contribution in [0.25, 0.3) is 16.8 Å². The van der Waals surface area contributed by atoms with Crippen molar-refractivity contribution >= 4 is 36.8 Å². The predicted octanol–water partition coefficient (Wildman–Crippen LogP) is 3.47. The molecule has 3 aromatic heterocycles. The van der Waals surface area contributed by atoms with Gasteiger partial charge in [0.15, 0.2) is 19.7 Å². The van der Waals surface area contributed by atoms with E-state index >= 15 is 0 Å². The molecule has 14 heteroatoms. The molecule has 0 aliphatic heterocycles. The Kier molecular flexibility index (Phi) is 7.13. The predicted molar refractivity (Wildman–Crippen MR) is 147 cm³/mol. The first-order chi connectivity index (χ1) is 18.7. The van der Waals surface area contributed by atoms with Crippen molar-refractivity contribution in [2.24, 2.45) is 11.7 Å². The van der Waals surface area contributed by atoms with Crippen molar-refractivity contribution in [3.8, 4) is 11.3 Å². The Bertz CT molecular complexity index is 1790. The summed E-state index contributed by atoms with van der Waals surface area (Å²) in [4.78, 5) is 8.11. The number of pyridine rings is 1. The summed E-state index contributed by atoms with van der Waals surface area (Å²) in [5, 5.41) is 6.96. The third-order valence-electron chi connectivity index (χ3n) is 7.32. The molecule has 0 spiro atoms. The lowest BCUT2D eigenvalue weighted by atomic mass is 9.76. The Morgan fingerprint density at radius 1 is 1.02 bits per heavy atom. The van der Waals surface area contributed by atoms with Crippen LogP contribution in [0.5, 0.6) is 0 Å². The van der Waals surface area contributed by atoms with Gasteiger partial charge in [-0.1, -0.05) is 6.92 Å². The number of benzene rings is 1. The van der Waals surface area contributed by atoms with Gasteiger partial charge in [-0.3, -0.25) is 4.98 Å². The van der Waals surface area contributed by atoms with Gasteiger partial charge < -0.3 is 11.1 Å². The van der Waals surface area contributed by atoms with Crippen LogP contribution in [0.3, 0.4) is 0 Å². The Labute approximate surface area is 230 Å². The second-order valence-electron chi connectivity index (χ2n) is 10.4. The summed E-state index contributed by atoms with van der Waals surface area (Å²) in [5.74, 6) is -2.07. The second kappa shape index (κ2) is 10.2. The zero-order valence-corrected chi connectivity index (χ0v) is 23.5. The number of sulfone groups is 2. The maximum atomic E-state index is 14.9. The molecule has 1 aliphatic carbocycles. The van der Waals surface area contributed by atoms with Crippen LogP contribution in [0.1, 0.15) is 31.2 Å². The summed E-state index contributed by atoms with van der Waals surface area (Å²) in [6, 6.07) is 5.84. The van der Waals surface area contributed by atoms with E-state index in [2.05, 4.69) is 20.4 Å². The lowest BCUT2D eigenvalue weighted by Crippen LogP contribution is -2.48. The van der Waals surface area contributed by atoms with E-state index in [1.807, 2.05) is 13.0 Å². The number of anilines is 2. The zero-order valence-electron chi connectivity index (χ0n) is 21.9. The van der Waals surface area contributed by atoms with Crippen LogP contribution < -0.4 is 11.1 Å². The molecule has 0 amide bonds. The van der Waals surface area contributed by atoms with Crippen molar-refractivity contribution in [2.75, 3.05) is 17.8 Å². The Hall–Kier alpha value is -3.49. The van der Waals surface area contributed by atoms with Crippen LogP contribution in [0, 0.1) is 17.6 Å². The van der Waals surface area contributed by atoms with Gasteiger partial charge >= 0.3 is 0 Å². The Morgan fingerprint density at radius 3 is 2.35 bits per heavy atom. The van der Waals surface area contributed by atoms with Gasteiger partial charge in [-0.05, 0) is 60.6 Å². The molecule has 1 saturated carbocycles. The van der Waals surface area contributed by atoms with Gasteiger partial charge in [0.05, 0.1) is 45.0 Å². The molecule has 212 valence electrons. The number of fused-ring (bicyclic) bond motifs is 1. The van der Waals surface area contributed by atoms with Crippen LogP contribution in [0.15, 0.2) is 53.8 Å². The molecule has 0 unspecified atom stereocenters. The van der Waals surface area contributed by atoms with Crippen LogP contribution in [-0.2, 0) is 19.7 Å². The topological polar surface area (TPSA) is 149 Å². The Morgan fingerprint density at radius 2 is 1.73 bits per heavy atom. The molecule has 0 radical (unpaired) electrons. The number of nitrogens with one attached hydrogen (secondary N) is 1. The van der Waals surface area contributed by atoms with E-state index in [0.29, 0.717) is 24.0 Å². The number of halogens is 2. The molecular weight excluding hydrogens is 562 g/mol. The van der Waals surface area contributed by atoms with Crippen molar-refractivity contribution in [1.82, 2.24) is 19.6 Å². The van der Waals surface area contributed by atoms with E-state index in [0.717, 1.165) is 24.0 Å². The minimum Gasteiger partial charge on any atom is -0.326 e. The molecule has 40 heavy (non-hydrogen) atoms. The molecule has 1 aromatic carbocycles. The first-order valence-electron chi connectivity index (χ1n) is 12.4. The zero-order chi connectivity index (χ0) is 29.0. The van der Waals surface area contributed by atoms with Crippen molar-refractivity contribution in [1.29, 1.82) is 0 Å². The third-order valence-corrected chi connectivity index (χ3v) is 10.2. The van der Waals surface area contributed by atoms with E-state index in [1.165, 1.54) is 23.0 Å². The van der Waals surface area contributed by atoms with Gasteiger partial charge in [0, 0.05) is 24.8 Å². The average molecular weight is 591 g/mol. The summed E-state index contributed by atoms with van der Waals surface area (Å²) in [6.45, 7) is 1.89. The summed E-state index contributed by atoms with van der Waals surface area (Å²) in [5.41, 5.74) is 7.83. The molecule has 1 aliphatic rings. The first-order valence-corrected chi connectivity index (χ1v) is 16.3. The number of hydrogen-bond acceptors (Lipinski definition) is 9. The van der Waals surface area contributed by atoms with E-state index in [-0.39, 0.29) is 23.5 Å². The van der Waals surface area contributed by atoms with Crippen molar-refractivity contribution in [2.45, 2.75) is 41.9 Å². The fourth-order valence-corrected chi connectivity index (χ4v) is 7.99. The van der Waals surface area contributed by atoms with Gasteiger partial charge in [-0.15, -0.1) is 0 Å². The van der Waals surface area contributed by atoms with E-state index < -0.39 is 53.1 Å². The fourth-order valence-electron chi connectivity index (χ4n) is 5.65. The molecule has 5 rings (SSSR count). The normalized spacial score (nSPS) is 21.9. The van der Waals surface area contributed by atoms with Crippen molar-refractivity contribution in [3.63, 3.8) is 0 Å². The minimum absolute atomic E-state index is 0.0419. The summed E-state index contributed by atoms with van der Waals surface area (Å²) in [6.07, 6.45) is 7.95. The molecule has 4 atom stereocenters. The molecular formula is C26H28F2N6O4S2. The summed E-state index contributed by atoms with van der Waals surface area (Å²) >= 11 is 0. The van der Waals surface area contributed by atoms with Crippen LogP contribution in [-0.4, -0.2) is 60.2 Å². The first kappa shape index (κ1) is 28.1. The highest BCUT2D eigenvalue weighted by atomic mass is 32.2. The number of rotatable bonds is 6. The lowest BCUT2D eigenvalue weighted by molar-refractivity contribution is 0.309. The second-order valence-corrected chi connectivity index (χ2v) is 14.6. The number of aromatic nitrogens is 4. The standard InChI is InChI=1S/C26H28F2N6O4S2/c1-14-8-15(9-21(29)25(14)40(3,37)38)18-6-7-30-13-23(18)32-26-31-12-16-4-5-22(33-34(16)26)24-19(27)10-17(11-20(24)28)39(2,35)36/h4-7,10-15,21,25H,8-9,29H2,1-3H3,(H,31,32)/t14-,15+,21+,25-/m0/s1. The molecule has 0 saturated heterocycles. The summed E-state index contributed by atoms with van der Waals surface area (Å²) in [7, 11) is -7.12. The maximum absolute atomic E-state index is 14.9. The third kappa shape index (κ3) is 5.30. The molecule has 4 aromatic rings. The molecule has 3 heterocycles. The van der Waals surface area contributed by atoms with Gasteiger partial charge in [-0.2, -0.15) is 9.61 Å². The molecule has 10 nitrogen and oxygen atoms in total. The maximum Gasteiger partial charge on any atom is 0.229 e. The number of hydrogen-bond donors (Lipinski definition) is 2. The highest BCUT2D eigenvalue weighted by molar-refractivity contribution is 7.91. The van der Waals surface area contributed by atoms with Gasteiger partial charge in [0.2, 0.25) is 5.95 Å².